The number of amides is 1. The van der Waals surface area contributed by atoms with E-state index in [1.54, 1.807) is 29.9 Å². The summed E-state index contributed by atoms with van der Waals surface area (Å²) >= 11 is 1.13. The van der Waals surface area contributed by atoms with Crippen LogP contribution in [0.1, 0.15) is 12.0 Å². The van der Waals surface area contributed by atoms with Gasteiger partial charge in [0.1, 0.15) is 11.3 Å². The molecule has 8 nitrogen and oxygen atoms in total. The van der Waals surface area contributed by atoms with Gasteiger partial charge in [0.05, 0.1) is 29.5 Å². The Bertz CT molecular complexity index is 1280. The van der Waals surface area contributed by atoms with Crippen molar-refractivity contribution < 1.29 is 24.0 Å². The lowest BCUT2D eigenvalue weighted by Crippen LogP contribution is -2.48. The highest BCUT2D eigenvalue weighted by Gasteiger charge is 2.27. The molecule has 0 aliphatic heterocycles. The van der Waals surface area contributed by atoms with Crippen molar-refractivity contribution in [2.75, 3.05) is 7.11 Å². The average Bonchev–Trinajstić information content (AvgIpc) is 3.31. The normalized spacial score (nSPS) is 12.2. The third-order valence-electron chi connectivity index (χ3n) is 5.14. The molecule has 2 heterocycles. The first kappa shape index (κ1) is 21.2. The first-order chi connectivity index (χ1) is 15.0. The summed E-state index contributed by atoms with van der Waals surface area (Å²) in [4.78, 5) is 24.6. The van der Waals surface area contributed by atoms with E-state index in [0.717, 1.165) is 26.9 Å². The second-order valence-electron chi connectivity index (χ2n) is 7.15. The van der Waals surface area contributed by atoms with Crippen molar-refractivity contribution >= 4 is 45.5 Å². The Hall–Kier alpha value is -3.08. The SMILES string of the molecule is COc1ccc2occ(C[C@H](NC(=O)CCn3c(=O)sc4ccccc43)B(O)O)c2c1. The molecule has 31 heavy (non-hydrogen) atoms. The van der Waals surface area contributed by atoms with Gasteiger partial charge in [-0.2, -0.15) is 0 Å². The predicted octanol–water partition coefficient (Wildman–Crippen LogP) is 1.95. The van der Waals surface area contributed by atoms with Crippen LogP contribution in [0.4, 0.5) is 0 Å². The van der Waals surface area contributed by atoms with Gasteiger partial charge in [-0.25, -0.2) is 0 Å². The van der Waals surface area contributed by atoms with Crippen LogP contribution >= 0.6 is 11.3 Å². The van der Waals surface area contributed by atoms with E-state index in [9.17, 15) is 19.6 Å². The highest BCUT2D eigenvalue weighted by Crippen LogP contribution is 2.26. The number of ether oxygens (including phenoxy) is 1. The van der Waals surface area contributed by atoms with E-state index in [0.29, 0.717) is 16.9 Å². The fraction of sp³-hybridized carbons (Fsp3) is 0.238. The molecule has 2 aromatic heterocycles. The lowest BCUT2D eigenvalue weighted by atomic mass is 9.76. The fourth-order valence-corrected chi connectivity index (χ4v) is 4.45. The minimum absolute atomic E-state index is 0.0316. The van der Waals surface area contributed by atoms with Gasteiger partial charge in [0.25, 0.3) is 0 Å². The number of carbonyl (C=O) groups is 1. The van der Waals surface area contributed by atoms with Crippen LogP contribution in [0.15, 0.2) is 57.9 Å². The molecular weight excluding hydrogens is 419 g/mol. The minimum atomic E-state index is -1.76. The molecule has 160 valence electrons. The van der Waals surface area contributed by atoms with Crippen LogP contribution in [0.5, 0.6) is 5.75 Å². The van der Waals surface area contributed by atoms with Crippen LogP contribution in [0.3, 0.4) is 0 Å². The molecule has 10 heteroatoms. The van der Waals surface area contributed by atoms with Gasteiger partial charge in [-0.15, -0.1) is 0 Å². The molecule has 3 N–H and O–H groups in total. The number of hydrogen-bond donors (Lipinski definition) is 3. The number of benzene rings is 2. The molecule has 2 aromatic carbocycles. The highest BCUT2D eigenvalue weighted by molar-refractivity contribution is 7.16. The molecule has 4 rings (SSSR count). The molecule has 1 atom stereocenters. The van der Waals surface area contributed by atoms with E-state index in [-0.39, 0.29) is 30.2 Å². The number of fused-ring (bicyclic) bond motifs is 2. The second kappa shape index (κ2) is 8.97. The fourth-order valence-electron chi connectivity index (χ4n) is 3.53. The summed E-state index contributed by atoms with van der Waals surface area (Å²) in [7, 11) is -0.201. The first-order valence-electron chi connectivity index (χ1n) is 9.74. The van der Waals surface area contributed by atoms with Crippen molar-refractivity contribution in [3.8, 4) is 5.75 Å². The number of nitrogens with one attached hydrogen (secondary N) is 1. The quantitative estimate of drug-likeness (QED) is 0.361. The van der Waals surface area contributed by atoms with Crippen molar-refractivity contribution in [3.63, 3.8) is 0 Å². The summed E-state index contributed by atoms with van der Waals surface area (Å²) in [5.41, 5.74) is 2.13. The topological polar surface area (TPSA) is 114 Å². The molecule has 0 unspecified atom stereocenters. The zero-order chi connectivity index (χ0) is 22.0. The van der Waals surface area contributed by atoms with Gasteiger partial charge >= 0.3 is 12.0 Å². The number of aryl methyl sites for hydroxylation is 1. The summed E-state index contributed by atoms with van der Waals surface area (Å²) in [6.45, 7) is 0.203. The van der Waals surface area contributed by atoms with Crippen LogP contribution in [0.25, 0.3) is 21.2 Å². The molecular formula is C21H21BN2O6S. The molecule has 0 bridgehead atoms. The van der Waals surface area contributed by atoms with Crippen LogP contribution in [-0.2, 0) is 17.8 Å². The lowest BCUT2D eigenvalue weighted by Gasteiger charge is -2.17. The Morgan fingerprint density at radius 1 is 1.29 bits per heavy atom. The van der Waals surface area contributed by atoms with Crippen LogP contribution in [-0.4, -0.2) is 40.7 Å². The lowest BCUT2D eigenvalue weighted by molar-refractivity contribution is -0.121. The summed E-state index contributed by atoms with van der Waals surface area (Å²) in [5.74, 6) is -0.671. The maximum Gasteiger partial charge on any atom is 0.475 e. The predicted molar refractivity (Wildman–Crippen MR) is 119 cm³/mol. The molecule has 0 saturated carbocycles. The first-order valence-corrected chi connectivity index (χ1v) is 10.6. The van der Waals surface area contributed by atoms with Gasteiger partial charge in [0.15, 0.2) is 0 Å². The summed E-state index contributed by atoms with van der Waals surface area (Å²) in [6.07, 6.45) is 1.72. The standard InChI is InChI=1S/C21H21BN2O6S/c1-29-14-6-7-17-15(11-14)13(12-30-17)10-19(22(27)28)23-20(25)8-9-24-16-4-2-3-5-18(16)31-21(24)26/h2-7,11-12,19,27-28H,8-10H2,1H3,(H,23,25)/t19-/m0/s1. The monoisotopic (exact) mass is 440 g/mol. The smallest absolute Gasteiger partial charge is 0.475 e. The number of carbonyl (C=O) groups excluding carboxylic acids is 1. The van der Waals surface area contributed by atoms with E-state index in [1.807, 2.05) is 24.3 Å². The van der Waals surface area contributed by atoms with Gasteiger partial charge < -0.3 is 24.5 Å². The molecule has 0 radical (unpaired) electrons. The molecule has 0 saturated heterocycles. The number of furan rings is 1. The summed E-state index contributed by atoms with van der Waals surface area (Å²) in [6, 6.07) is 12.7. The van der Waals surface area contributed by atoms with E-state index < -0.39 is 13.1 Å². The van der Waals surface area contributed by atoms with Crippen LogP contribution in [0, 0.1) is 0 Å². The average molecular weight is 440 g/mol. The third kappa shape index (κ3) is 4.51. The molecule has 0 fully saturated rings. The minimum Gasteiger partial charge on any atom is -0.497 e. The Balaban J connectivity index is 1.45. The van der Waals surface area contributed by atoms with Crippen molar-refractivity contribution in [1.29, 1.82) is 0 Å². The third-order valence-corrected chi connectivity index (χ3v) is 6.10. The van der Waals surface area contributed by atoms with Crippen molar-refractivity contribution in [1.82, 2.24) is 9.88 Å². The number of aromatic nitrogens is 1. The Kier molecular flexibility index (Phi) is 6.12. The number of methoxy groups -OCH3 is 1. The Morgan fingerprint density at radius 2 is 2.10 bits per heavy atom. The number of rotatable bonds is 8. The second-order valence-corrected chi connectivity index (χ2v) is 8.15. The maximum atomic E-state index is 12.5. The molecule has 0 aliphatic carbocycles. The Labute approximate surface area is 181 Å². The number of para-hydroxylation sites is 1. The van der Waals surface area contributed by atoms with Gasteiger partial charge in [-0.1, -0.05) is 23.5 Å². The van der Waals surface area contributed by atoms with Crippen LogP contribution in [0.2, 0.25) is 0 Å². The summed E-state index contributed by atoms with van der Waals surface area (Å²) in [5, 5.41) is 23.0. The van der Waals surface area contributed by atoms with Crippen molar-refractivity contribution in [2.45, 2.75) is 25.3 Å². The van der Waals surface area contributed by atoms with Gasteiger partial charge in [0.2, 0.25) is 5.91 Å². The van der Waals surface area contributed by atoms with E-state index in [2.05, 4.69) is 5.32 Å². The van der Waals surface area contributed by atoms with Gasteiger partial charge in [-0.05, 0) is 42.3 Å². The largest absolute Gasteiger partial charge is 0.497 e. The summed E-state index contributed by atoms with van der Waals surface area (Å²) < 4.78 is 13.2. The molecule has 0 aliphatic rings. The van der Waals surface area contributed by atoms with E-state index in [4.69, 9.17) is 9.15 Å². The van der Waals surface area contributed by atoms with Crippen molar-refractivity contribution in [2.24, 2.45) is 0 Å². The number of hydrogen-bond acceptors (Lipinski definition) is 7. The molecule has 0 spiro atoms. The van der Waals surface area contributed by atoms with Crippen LogP contribution < -0.4 is 14.9 Å². The maximum absolute atomic E-state index is 12.5. The number of thiazole rings is 1. The molecule has 4 aromatic rings. The zero-order valence-electron chi connectivity index (χ0n) is 16.8. The van der Waals surface area contributed by atoms with E-state index >= 15 is 0 Å². The van der Waals surface area contributed by atoms with Gasteiger partial charge in [0, 0.05) is 18.4 Å². The highest BCUT2D eigenvalue weighted by atomic mass is 32.1. The van der Waals surface area contributed by atoms with Crippen molar-refractivity contribution in [3.05, 3.63) is 64.0 Å². The van der Waals surface area contributed by atoms with Gasteiger partial charge in [-0.3, -0.25) is 14.2 Å². The zero-order valence-corrected chi connectivity index (χ0v) is 17.6. The molecule has 1 amide bonds. The number of nitrogens with zero attached hydrogens (tertiary/aromatic N) is 1. The van der Waals surface area contributed by atoms with E-state index in [1.165, 1.54) is 6.26 Å². The Morgan fingerprint density at radius 3 is 2.87 bits per heavy atom.